The lowest BCUT2D eigenvalue weighted by atomic mass is 9.45. The maximum atomic E-state index is 13.8. The Morgan fingerprint density at radius 3 is 2.20 bits per heavy atom. The van der Waals surface area contributed by atoms with Gasteiger partial charge in [-0.15, -0.1) is 4.65 Å². The van der Waals surface area contributed by atoms with Crippen molar-refractivity contribution in [3.05, 3.63) is 0 Å². The van der Waals surface area contributed by atoms with Crippen LogP contribution in [-0.2, 0) is 9.59 Å². The Hall–Kier alpha value is -0.740. The molecule has 4 heteroatoms. The zero-order valence-corrected chi connectivity index (χ0v) is 20.1. The van der Waals surface area contributed by atoms with Crippen LogP contribution in [0.15, 0.2) is 0 Å². The van der Waals surface area contributed by atoms with Gasteiger partial charge in [-0.3, -0.25) is 4.79 Å². The van der Waals surface area contributed by atoms with Crippen molar-refractivity contribution in [2.45, 2.75) is 111 Å². The van der Waals surface area contributed by atoms with Crippen molar-refractivity contribution in [2.24, 2.45) is 40.4 Å². The monoisotopic (exact) mass is 418 g/mol. The van der Waals surface area contributed by atoms with E-state index in [-0.39, 0.29) is 29.3 Å². The number of carbonyl (C=O) groups is 2. The van der Waals surface area contributed by atoms with Gasteiger partial charge < -0.3 is 0 Å². The first-order valence-electron chi connectivity index (χ1n) is 12.6. The molecule has 0 saturated heterocycles. The molecule has 7 atom stereocenters. The second-order valence-corrected chi connectivity index (χ2v) is 12.3. The van der Waals surface area contributed by atoms with Crippen LogP contribution in [0.5, 0.6) is 0 Å². The van der Waals surface area contributed by atoms with Crippen LogP contribution >= 0.6 is 0 Å². The molecule has 4 fully saturated rings. The molecule has 4 aliphatic carbocycles. The predicted octanol–water partition coefficient (Wildman–Crippen LogP) is 5.76. The van der Waals surface area contributed by atoms with Crippen LogP contribution in [-0.4, -0.2) is 33.6 Å². The number of hydrogen-bond acceptors (Lipinski definition) is 3. The summed E-state index contributed by atoms with van der Waals surface area (Å²) in [6.07, 6.45) is 9.41. The van der Waals surface area contributed by atoms with E-state index in [0.29, 0.717) is 34.9 Å². The van der Waals surface area contributed by atoms with Crippen LogP contribution in [0.1, 0.15) is 99.3 Å². The van der Waals surface area contributed by atoms with Crippen LogP contribution in [0.3, 0.4) is 0 Å². The third-order valence-corrected chi connectivity index (χ3v) is 10.7. The molecular formula is C26H44NO3+. The molecule has 4 aliphatic rings. The average molecular weight is 419 g/mol. The molecule has 4 nitrogen and oxygen atoms in total. The maximum absolute atomic E-state index is 13.8. The van der Waals surface area contributed by atoms with Gasteiger partial charge in [0.15, 0.2) is 0 Å². The van der Waals surface area contributed by atoms with Crippen molar-refractivity contribution < 1.29 is 19.4 Å². The van der Waals surface area contributed by atoms with E-state index >= 15 is 0 Å². The fourth-order valence-corrected chi connectivity index (χ4v) is 8.81. The van der Waals surface area contributed by atoms with E-state index in [1.807, 2.05) is 27.7 Å². The molecule has 4 saturated carbocycles. The van der Waals surface area contributed by atoms with Gasteiger partial charge in [0.25, 0.3) is 0 Å². The van der Waals surface area contributed by atoms with Gasteiger partial charge >= 0.3 is 5.91 Å². The number of rotatable bonds is 3. The van der Waals surface area contributed by atoms with E-state index in [4.69, 9.17) is 0 Å². The van der Waals surface area contributed by atoms with Crippen LogP contribution in [0.4, 0.5) is 0 Å². The molecule has 0 aromatic rings. The summed E-state index contributed by atoms with van der Waals surface area (Å²) in [6.45, 7) is 12.7. The van der Waals surface area contributed by atoms with Crippen molar-refractivity contribution in [1.82, 2.24) is 0 Å². The third kappa shape index (κ3) is 2.99. The normalized spacial score (nSPS) is 44.0. The molecule has 4 rings (SSSR count). The number of carbonyl (C=O) groups excluding carboxylic acids is 2. The summed E-state index contributed by atoms with van der Waals surface area (Å²) in [5.41, 5.74) is 0.328. The minimum absolute atomic E-state index is 0.0158. The highest BCUT2D eigenvalue weighted by molar-refractivity contribution is 5.79. The van der Waals surface area contributed by atoms with Gasteiger partial charge in [0, 0.05) is 12.8 Å². The Morgan fingerprint density at radius 1 is 0.933 bits per heavy atom. The van der Waals surface area contributed by atoms with E-state index in [1.54, 1.807) is 0 Å². The first-order valence-corrected chi connectivity index (χ1v) is 12.6. The summed E-state index contributed by atoms with van der Waals surface area (Å²) in [4.78, 5) is 25.9. The topological polar surface area (TPSA) is 54.4 Å². The van der Waals surface area contributed by atoms with Crippen molar-refractivity contribution in [1.29, 1.82) is 0 Å². The average Bonchev–Trinajstić information content (AvgIpc) is 3.04. The Bertz CT molecular complexity index is 707. The van der Waals surface area contributed by atoms with Gasteiger partial charge in [-0.1, -0.05) is 13.8 Å². The number of Topliss-reactive ketones (excluding diaryl/α,β-unsaturated/α-hetero) is 1. The zero-order valence-electron chi connectivity index (χ0n) is 20.1. The van der Waals surface area contributed by atoms with Gasteiger partial charge in [0.05, 0.1) is 5.92 Å². The second-order valence-electron chi connectivity index (χ2n) is 12.3. The molecule has 0 aliphatic heterocycles. The number of amides is 1. The van der Waals surface area contributed by atoms with Gasteiger partial charge in [-0.2, -0.15) is 0 Å². The molecule has 170 valence electrons. The molecule has 1 N–H and O–H groups in total. The summed E-state index contributed by atoms with van der Waals surface area (Å²) < 4.78 is -0.428. The van der Waals surface area contributed by atoms with Gasteiger partial charge in [-0.25, -0.2) is 10.0 Å². The van der Waals surface area contributed by atoms with E-state index in [2.05, 4.69) is 13.8 Å². The first kappa shape index (κ1) is 22.5. The summed E-state index contributed by atoms with van der Waals surface area (Å²) in [7, 11) is 0. The van der Waals surface area contributed by atoms with Gasteiger partial charge in [0.2, 0.25) is 0 Å². The summed E-state index contributed by atoms with van der Waals surface area (Å²) in [5.74, 6) is 3.07. The lowest BCUT2D eigenvalue weighted by Gasteiger charge is -2.60. The molecule has 1 amide bonds. The molecule has 0 aromatic heterocycles. The molecule has 0 aromatic carbocycles. The minimum Gasteiger partial charge on any atom is -0.300 e. The Kier molecular flexibility index (Phi) is 5.54. The van der Waals surface area contributed by atoms with Crippen molar-refractivity contribution in [3.8, 4) is 0 Å². The number of quaternary nitrogens is 1. The molecule has 0 unspecified atom stereocenters. The smallest absolute Gasteiger partial charge is 0.300 e. The standard InChI is InChI=1S/C26H44NO3/c1-16(2)27(30,17(3)4)24(29)23-10-9-21-20-8-7-18-15-19(28)11-13-25(18,5)22(20)12-14-26(21,23)6/h16-18,20-23,30H,7-15H2,1-6H3/q+1/t18-,20-,21-,22-,23+,25-,26-/m0/s1. The molecular weight excluding hydrogens is 374 g/mol. The highest BCUT2D eigenvalue weighted by Crippen LogP contribution is 2.67. The first-order chi connectivity index (χ1) is 14.0. The number of fused-ring (bicyclic) bond motifs is 5. The van der Waals surface area contributed by atoms with Crippen molar-refractivity contribution >= 4 is 11.7 Å². The number of nitrogens with zero attached hydrogens (tertiary/aromatic N) is 1. The maximum Gasteiger partial charge on any atom is 0.349 e. The molecule has 0 spiro atoms. The van der Waals surface area contributed by atoms with Crippen LogP contribution in [0, 0.1) is 40.4 Å². The SMILES string of the molecule is CC(C)[N+](O)(C(=O)[C@H]1CC[C@H]2[C@@H]3CC[C@H]4CC(=O)CC[C@]4(C)[C@H]3CC[C@]12C)C(C)C. The van der Waals surface area contributed by atoms with E-state index in [1.165, 1.54) is 19.3 Å². The molecule has 30 heavy (non-hydrogen) atoms. The van der Waals surface area contributed by atoms with E-state index in [0.717, 1.165) is 38.5 Å². The lowest BCUT2D eigenvalue weighted by Crippen LogP contribution is -2.63. The van der Waals surface area contributed by atoms with Crippen LogP contribution < -0.4 is 0 Å². The van der Waals surface area contributed by atoms with Crippen LogP contribution in [0.2, 0.25) is 0 Å². The molecule has 0 radical (unpaired) electrons. The van der Waals surface area contributed by atoms with Gasteiger partial charge in [-0.05, 0) is 107 Å². The van der Waals surface area contributed by atoms with E-state index < -0.39 is 4.65 Å². The van der Waals surface area contributed by atoms with Gasteiger partial charge in [0.1, 0.15) is 17.9 Å². The predicted molar refractivity (Wildman–Crippen MR) is 118 cm³/mol. The fraction of sp³-hybridized carbons (Fsp3) is 0.923. The number of hydroxylamine groups is 3. The lowest BCUT2D eigenvalue weighted by molar-refractivity contribution is -1.07. The Morgan fingerprint density at radius 2 is 1.57 bits per heavy atom. The minimum atomic E-state index is -0.428. The van der Waals surface area contributed by atoms with E-state index in [9.17, 15) is 14.8 Å². The molecule has 0 bridgehead atoms. The van der Waals surface area contributed by atoms with Crippen molar-refractivity contribution in [3.63, 3.8) is 0 Å². The quantitative estimate of drug-likeness (QED) is 0.360. The second kappa shape index (κ2) is 7.40. The summed E-state index contributed by atoms with van der Waals surface area (Å²) in [6, 6.07) is -0.240. The zero-order chi connectivity index (χ0) is 22.1. The third-order valence-electron chi connectivity index (χ3n) is 10.7. The van der Waals surface area contributed by atoms with Crippen molar-refractivity contribution in [2.75, 3.05) is 0 Å². The Labute approximate surface area is 183 Å². The highest BCUT2D eigenvalue weighted by Gasteiger charge is 2.64. The largest absolute Gasteiger partial charge is 0.349 e. The summed E-state index contributed by atoms with van der Waals surface area (Å²) in [5, 5.41) is 11.4. The number of hydrogen-bond donors (Lipinski definition) is 1. The fourth-order valence-electron chi connectivity index (χ4n) is 8.81. The summed E-state index contributed by atoms with van der Waals surface area (Å²) >= 11 is 0. The Balaban J connectivity index is 1.60. The number of ketones is 1. The highest BCUT2D eigenvalue weighted by atomic mass is 16.6. The van der Waals surface area contributed by atoms with Crippen LogP contribution in [0.25, 0.3) is 0 Å². The molecule has 0 heterocycles.